The number of amides is 1. The molecule has 1 N–H and O–H groups in total. The first-order valence-corrected chi connectivity index (χ1v) is 8.56. The van der Waals surface area contributed by atoms with Crippen LogP contribution in [0.4, 0.5) is 4.39 Å². The Labute approximate surface area is 146 Å². The molecule has 0 spiro atoms. The second kappa shape index (κ2) is 8.73. The molecule has 6 nitrogen and oxygen atoms in total. The van der Waals surface area contributed by atoms with Gasteiger partial charge in [0.25, 0.3) is 5.91 Å². The zero-order valence-corrected chi connectivity index (χ0v) is 14.2. The second-order valence-corrected chi connectivity index (χ2v) is 6.08. The van der Waals surface area contributed by atoms with Crippen molar-refractivity contribution in [1.29, 1.82) is 0 Å². The number of hydrogen-bond donors (Lipinski definition) is 1. The molecule has 2 heterocycles. The summed E-state index contributed by atoms with van der Waals surface area (Å²) in [6, 6.07) is 6.31. The Morgan fingerprint density at radius 3 is 2.72 bits per heavy atom. The van der Waals surface area contributed by atoms with E-state index in [0.29, 0.717) is 18.5 Å². The van der Waals surface area contributed by atoms with E-state index in [1.807, 2.05) is 0 Å². The molecule has 3 rings (SSSR count). The van der Waals surface area contributed by atoms with Gasteiger partial charge in [-0.25, -0.2) is 4.39 Å². The molecule has 1 aliphatic rings. The van der Waals surface area contributed by atoms with Crippen LogP contribution < -0.4 is 5.32 Å². The van der Waals surface area contributed by atoms with Crippen molar-refractivity contribution in [2.24, 2.45) is 0 Å². The molecule has 1 aliphatic heterocycles. The van der Waals surface area contributed by atoms with E-state index in [0.717, 1.165) is 45.0 Å². The van der Waals surface area contributed by atoms with Gasteiger partial charge in [-0.15, -0.1) is 0 Å². The molecule has 7 heteroatoms. The smallest absolute Gasteiger partial charge is 0.254 e. The molecule has 2 aromatic rings. The van der Waals surface area contributed by atoms with Gasteiger partial charge in [-0.2, -0.15) is 5.10 Å². The Balaban J connectivity index is 1.41. The van der Waals surface area contributed by atoms with Crippen molar-refractivity contribution in [3.8, 4) is 0 Å². The van der Waals surface area contributed by atoms with Crippen LogP contribution in [0.3, 0.4) is 0 Å². The van der Waals surface area contributed by atoms with E-state index >= 15 is 0 Å². The zero-order valence-electron chi connectivity index (χ0n) is 14.2. The van der Waals surface area contributed by atoms with Gasteiger partial charge in [0.05, 0.1) is 31.5 Å². The lowest BCUT2D eigenvalue weighted by atomic mass is 10.1. The third kappa shape index (κ3) is 5.37. The summed E-state index contributed by atoms with van der Waals surface area (Å²) in [5.41, 5.74) is 1.55. The van der Waals surface area contributed by atoms with Gasteiger partial charge in [-0.3, -0.25) is 14.4 Å². The largest absolute Gasteiger partial charge is 0.379 e. The normalized spacial score (nSPS) is 15.2. The molecule has 0 aliphatic carbocycles. The number of hydrogen-bond acceptors (Lipinski definition) is 4. The number of ether oxygens (including phenoxy) is 1. The average molecular weight is 346 g/mol. The molecule has 0 bridgehead atoms. The first kappa shape index (κ1) is 17.6. The summed E-state index contributed by atoms with van der Waals surface area (Å²) in [5, 5.41) is 7.12. The van der Waals surface area contributed by atoms with Crippen LogP contribution in [0.5, 0.6) is 0 Å². The topological polar surface area (TPSA) is 59.4 Å². The van der Waals surface area contributed by atoms with E-state index in [1.165, 1.54) is 12.1 Å². The first-order valence-electron chi connectivity index (χ1n) is 8.56. The predicted molar refractivity (Wildman–Crippen MR) is 91.9 cm³/mol. The summed E-state index contributed by atoms with van der Waals surface area (Å²) >= 11 is 0. The van der Waals surface area contributed by atoms with Crippen LogP contribution in [0.1, 0.15) is 15.9 Å². The number of carbonyl (C=O) groups excluding carboxylic acids is 1. The highest BCUT2D eigenvalue weighted by Crippen LogP contribution is 2.04. The molecule has 0 atom stereocenters. The molecule has 0 saturated carbocycles. The van der Waals surface area contributed by atoms with Gasteiger partial charge in [0.2, 0.25) is 0 Å². The number of nitrogens with zero attached hydrogens (tertiary/aromatic N) is 3. The van der Waals surface area contributed by atoms with E-state index in [4.69, 9.17) is 4.74 Å². The Morgan fingerprint density at radius 1 is 1.20 bits per heavy atom. The lowest BCUT2D eigenvalue weighted by Gasteiger charge is -2.26. The highest BCUT2D eigenvalue weighted by Gasteiger charge is 2.12. The number of benzene rings is 1. The quantitative estimate of drug-likeness (QED) is 0.822. The summed E-state index contributed by atoms with van der Waals surface area (Å²) in [6.07, 6.45) is 4.03. The maximum absolute atomic E-state index is 12.9. The van der Waals surface area contributed by atoms with Gasteiger partial charge >= 0.3 is 0 Å². The lowest BCUT2D eigenvalue weighted by Crippen LogP contribution is -2.38. The predicted octanol–water partition coefficient (Wildman–Crippen LogP) is 1.33. The number of carbonyl (C=O) groups is 1. The molecule has 25 heavy (non-hydrogen) atoms. The fraction of sp³-hybridized carbons (Fsp3) is 0.444. The molecule has 0 unspecified atom stereocenters. The molecule has 1 aromatic carbocycles. The number of aromatic nitrogens is 2. The molecule has 1 fully saturated rings. The minimum Gasteiger partial charge on any atom is -0.379 e. The number of nitrogens with one attached hydrogen (secondary N) is 1. The van der Waals surface area contributed by atoms with Crippen molar-refractivity contribution in [2.75, 3.05) is 39.4 Å². The Morgan fingerprint density at radius 2 is 1.96 bits per heavy atom. The third-order valence-corrected chi connectivity index (χ3v) is 4.26. The average Bonchev–Trinajstić information content (AvgIpc) is 3.12. The highest BCUT2D eigenvalue weighted by molar-refractivity contribution is 5.93. The van der Waals surface area contributed by atoms with E-state index < -0.39 is 0 Å². The summed E-state index contributed by atoms with van der Waals surface area (Å²) < 4.78 is 20.0. The van der Waals surface area contributed by atoms with Crippen molar-refractivity contribution >= 4 is 5.91 Å². The molecular weight excluding hydrogens is 323 g/mol. The first-order chi connectivity index (χ1) is 12.2. The fourth-order valence-corrected chi connectivity index (χ4v) is 2.75. The van der Waals surface area contributed by atoms with Gasteiger partial charge in [-0.1, -0.05) is 12.1 Å². The molecule has 0 radical (unpaired) electrons. The van der Waals surface area contributed by atoms with Gasteiger partial charge in [0.15, 0.2) is 0 Å². The van der Waals surface area contributed by atoms with E-state index in [-0.39, 0.29) is 11.7 Å². The highest BCUT2D eigenvalue weighted by atomic mass is 19.1. The second-order valence-electron chi connectivity index (χ2n) is 6.08. The van der Waals surface area contributed by atoms with E-state index in [9.17, 15) is 9.18 Å². The van der Waals surface area contributed by atoms with Crippen LogP contribution in [-0.2, 0) is 17.7 Å². The Hall–Kier alpha value is -2.25. The minimum absolute atomic E-state index is 0.139. The van der Waals surface area contributed by atoms with Crippen molar-refractivity contribution in [3.63, 3.8) is 0 Å². The minimum atomic E-state index is -0.253. The zero-order chi connectivity index (χ0) is 17.5. The van der Waals surface area contributed by atoms with Crippen molar-refractivity contribution in [2.45, 2.75) is 13.0 Å². The van der Waals surface area contributed by atoms with Crippen molar-refractivity contribution in [3.05, 3.63) is 53.6 Å². The fourth-order valence-electron chi connectivity index (χ4n) is 2.75. The van der Waals surface area contributed by atoms with Crippen LogP contribution in [0, 0.1) is 5.82 Å². The SMILES string of the molecule is O=C(NCCc1ccc(F)cc1)c1cnn(CCN2CCOCC2)c1. The monoisotopic (exact) mass is 346 g/mol. The maximum Gasteiger partial charge on any atom is 0.254 e. The molecule has 1 amide bonds. The molecule has 1 saturated heterocycles. The Kier molecular flexibility index (Phi) is 6.14. The van der Waals surface area contributed by atoms with Crippen LogP contribution in [0.25, 0.3) is 0 Å². The summed E-state index contributed by atoms with van der Waals surface area (Å²) in [7, 11) is 0. The molecule has 134 valence electrons. The van der Waals surface area contributed by atoms with Gasteiger partial charge in [-0.05, 0) is 24.1 Å². The standard InChI is InChI=1S/C18H23FN4O2/c19-17-3-1-15(2-4-17)5-6-20-18(24)16-13-21-23(14-16)8-7-22-9-11-25-12-10-22/h1-4,13-14H,5-12H2,(H,20,24). The maximum atomic E-state index is 12.9. The molecular formula is C18H23FN4O2. The number of rotatable bonds is 7. The third-order valence-electron chi connectivity index (χ3n) is 4.26. The summed E-state index contributed by atoms with van der Waals surface area (Å²) in [4.78, 5) is 14.5. The van der Waals surface area contributed by atoms with Crippen molar-refractivity contribution in [1.82, 2.24) is 20.0 Å². The summed E-state index contributed by atoms with van der Waals surface area (Å²) in [6.45, 7) is 5.60. The summed E-state index contributed by atoms with van der Waals surface area (Å²) in [5.74, 6) is -0.392. The lowest BCUT2D eigenvalue weighted by molar-refractivity contribution is 0.0359. The van der Waals surface area contributed by atoms with Crippen LogP contribution in [0.2, 0.25) is 0 Å². The van der Waals surface area contributed by atoms with Gasteiger partial charge < -0.3 is 10.1 Å². The van der Waals surface area contributed by atoms with E-state index in [1.54, 1.807) is 29.2 Å². The Bertz CT molecular complexity index is 681. The molecule has 1 aromatic heterocycles. The number of morpholine rings is 1. The van der Waals surface area contributed by atoms with E-state index in [2.05, 4.69) is 15.3 Å². The van der Waals surface area contributed by atoms with Crippen LogP contribution >= 0.6 is 0 Å². The van der Waals surface area contributed by atoms with Gasteiger partial charge in [0.1, 0.15) is 5.82 Å². The van der Waals surface area contributed by atoms with Crippen LogP contribution in [0.15, 0.2) is 36.7 Å². The van der Waals surface area contributed by atoms with Crippen molar-refractivity contribution < 1.29 is 13.9 Å². The van der Waals surface area contributed by atoms with Crippen LogP contribution in [-0.4, -0.2) is 60.0 Å². The van der Waals surface area contributed by atoms with Gasteiger partial charge in [0, 0.05) is 32.4 Å². The number of halogens is 1.